The SMILES string of the molecule is CNCCNC(=O)CC(N)OC=O.[HH]. The second kappa shape index (κ2) is 7.51. The van der Waals surface area contributed by atoms with Crippen LogP contribution in [0.5, 0.6) is 0 Å². The van der Waals surface area contributed by atoms with Crippen LogP contribution in [0, 0.1) is 0 Å². The minimum atomic E-state index is -0.855. The van der Waals surface area contributed by atoms with Crippen molar-refractivity contribution in [3.8, 4) is 0 Å². The average Bonchev–Trinajstić information content (AvgIpc) is 2.05. The molecule has 1 unspecified atom stereocenters. The molecule has 0 aliphatic heterocycles. The summed E-state index contributed by atoms with van der Waals surface area (Å²) >= 11 is 0. The van der Waals surface area contributed by atoms with E-state index in [-0.39, 0.29) is 20.2 Å². The van der Waals surface area contributed by atoms with E-state index < -0.39 is 6.23 Å². The molecule has 0 heterocycles. The highest BCUT2D eigenvalue weighted by Gasteiger charge is 2.08. The van der Waals surface area contributed by atoms with Crippen LogP contribution in [0.1, 0.15) is 7.85 Å². The number of hydrogen-bond acceptors (Lipinski definition) is 5. The van der Waals surface area contributed by atoms with E-state index >= 15 is 0 Å². The minimum Gasteiger partial charge on any atom is -0.448 e. The summed E-state index contributed by atoms with van der Waals surface area (Å²) in [5, 5.41) is 5.46. The van der Waals surface area contributed by atoms with Crippen molar-refractivity contribution < 1.29 is 15.8 Å². The molecule has 0 bridgehead atoms. The summed E-state index contributed by atoms with van der Waals surface area (Å²) in [5.74, 6) is -0.232. The Bertz CT molecular complexity index is 168. The first-order valence-corrected chi connectivity index (χ1v) is 3.96. The number of carbonyl (C=O) groups is 2. The Morgan fingerprint density at radius 1 is 1.69 bits per heavy atom. The zero-order chi connectivity index (χ0) is 10.1. The summed E-state index contributed by atoms with van der Waals surface area (Å²) in [4.78, 5) is 20.8. The topological polar surface area (TPSA) is 93.4 Å². The van der Waals surface area contributed by atoms with Gasteiger partial charge in [0, 0.05) is 14.5 Å². The molecule has 1 amide bonds. The third-order valence-corrected chi connectivity index (χ3v) is 1.31. The molecule has 0 aromatic carbocycles. The summed E-state index contributed by atoms with van der Waals surface area (Å²) in [7, 11) is 1.79. The fourth-order valence-corrected chi connectivity index (χ4v) is 0.701. The third kappa shape index (κ3) is 7.23. The lowest BCUT2D eigenvalue weighted by molar-refractivity contribution is -0.135. The summed E-state index contributed by atoms with van der Waals surface area (Å²) < 4.78 is 4.34. The monoisotopic (exact) mass is 191 g/mol. The van der Waals surface area contributed by atoms with Crippen LogP contribution < -0.4 is 16.4 Å². The van der Waals surface area contributed by atoms with Crippen molar-refractivity contribution in [1.82, 2.24) is 10.6 Å². The number of rotatable bonds is 7. The Morgan fingerprint density at radius 3 is 2.92 bits per heavy atom. The zero-order valence-corrected chi connectivity index (χ0v) is 7.58. The van der Waals surface area contributed by atoms with E-state index in [1.165, 1.54) is 0 Å². The summed E-state index contributed by atoms with van der Waals surface area (Å²) in [6, 6.07) is 0. The maximum atomic E-state index is 11.0. The van der Waals surface area contributed by atoms with Crippen molar-refractivity contribution in [3.63, 3.8) is 0 Å². The predicted octanol–water partition coefficient (Wildman–Crippen LogP) is -1.58. The summed E-state index contributed by atoms with van der Waals surface area (Å²) in [5.41, 5.74) is 5.26. The second-order valence-corrected chi connectivity index (χ2v) is 2.43. The molecule has 0 radical (unpaired) electrons. The molecule has 0 aromatic heterocycles. The van der Waals surface area contributed by atoms with Gasteiger partial charge in [-0.05, 0) is 7.05 Å². The molecular weight excluding hydrogens is 174 g/mol. The molecule has 4 N–H and O–H groups in total. The van der Waals surface area contributed by atoms with Gasteiger partial charge in [-0.25, -0.2) is 0 Å². The highest BCUT2D eigenvalue weighted by molar-refractivity contribution is 5.76. The molecular formula is C7H17N3O3. The van der Waals surface area contributed by atoms with Gasteiger partial charge in [0.2, 0.25) is 5.91 Å². The molecule has 1 atom stereocenters. The van der Waals surface area contributed by atoms with E-state index in [1.54, 1.807) is 7.05 Å². The van der Waals surface area contributed by atoms with Gasteiger partial charge >= 0.3 is 0 Å². The van der Waals surface area contributed by atoms with Crippen LogP contribution in [0.4, 0.5) is 0 Å². The van der Waals surface area contributed by atoms with E-state index in [9.17, 15) is 9.59 Å². The first-order valence-electron chi connectivity index (χ1n) is 3.96. The first kappa shape index (κ1) is 11.9. The standard InChI is InChI=1S/C7H15N3O3.H2/c1-9-2-3-10-7(12)4-6(8)13-5-11;/h5-6,9H,2-4,8H2,1H3,(H,10,12);1H. The number of likely N-dealkylation sites (N-methyl/N-ethyl adjacent to an activating group) is 1. The largest absolute Gasteiger partial charge is 0.448 e. The Kier molecular flexibility index (Phi) is 6.85. The maximum Gasteiger partial charge on any atom is 0.294 e. The van der Waals surface area contributed by atoms with Gasteiger partial charge in [0.15, 0.2) is 6.23 Å². The van der Waals surface area contributed by atoms with Crippen LogP contribution >= 0.6 is 0 Å². The lowest BCUT2D eigenvalue weighted by Crippen LogP contribution is -2.36. The summed E-state index contributed by atoms with van der Waals surface area (Å²) in [6.07, 6.45) is -0.866. The van der Waals surface area contributed by atoms with Crippen LogP contribution in [0.15, 0.2) is 0 Å². The normalized spacial score (nSPS) is 11.8. The molecule has 6 nitrogen and oxygen atoms in total. The average molecular weight is 191 g/mol. The molecule has 0 aliphatic rings. The van der Waals surface area contributed by atoms with Crippen LogP contribution in [0.2, 0.25) is 0 Å². The lowest BCUT2D eigenvalue weighted by Gasteiger charge is -2.09. The first-order chi connectivity index (χ1) is 6.20. The molecule has 0 aliphatic carbocycles. The van der Waals surface area contributed by atoms with Crippen molar-refractivity contribution in [1.29, 1.82) is 0 Å². The van der Waals surface area contributed by atoms with E-state index in [4.69, 9.17) is 5.73 Å². The van der Waals surface area contributed by atoms with Crippen LogP contribution in [0.3, 0.4) is 0 Å². The number of hydrogen-bond donors (Lipinski definition) is 3. The van der Waals surface area contributed by atoms with E-state index in [0.717, 1.165) is 0 Å². The quantitative estimate of drug-likeness (QED) is 0.256. The highest BCUT2D eigenvalue weighted by atomic mass is 16.5. The molecule has 13 heavy (non-hydrogen) atoms. The van der Waals surface area contributed by atoms with Gasteiger partial charge in [-0.15, -0.1) is 0 Å². The van der Waals surface area contributed by atoms with Gasteiger partial charge in [-0.2, -0.15) is 0 Å². The predicted molar refractivity (Wildman–Crippen MR) is 48.8 cm³/mol. The fraction of sp³-hybridized carbons (Fsp3) is 0.714. The zero-order valence-electron chi connectivity index (χ0n) is 7.58. The molecule has 0 saturated heterocycles. The van der Waals surface area contributed by atoms with Gasteiger partial charge in [-0.3, -0.25) is 15.3 Å². The second-order valence-electron chi connectivity index (χ2n) is 2.43. The Labute approximate surface area is 78.3 Å². The molecule has 0 spiro atoms. The molecule has 0 rings (SSSR count). The van der Waals surface area contributed by atoms with Gasteiger partial charge in [0.25, 0.3) is 6.47 Å². The van der Waals surface area contributed by atoms with E-state index in [2.05, 4.69) is 15.4 Å². The molecule has 0 saturated carbocycles. The van der Waals surface area contributed by atoms with Crippen LogP contribution in [0.25, 0.3) is 0 Å². The fourth-order valence-electron chi connectivity index (χ4n) is 0.701. The number of carbonyl (C=O) groups excluding carboxylic acids is 2. The maximum absolute atomic E-state index is 11.0. The number of nitrogens with one attached hydrogen (secondary N) is 2. The lowest BCUT2D eigenvalue weighted by atomic mass is 10.3. The molecule has 78 valence electrons. The Balaban J connectivity index is 0. The number of ether oxygens (including phenoxy) is 1. The van der Waals surface area contributed by atoms with Gasteiger partial charge < -0.3 is 15.4 Å². The molecule has 0 aromatic rings. The van der Waals surface area contributed by atoms with Crippen molar-refractivity contribution in [2.24, 2.45) is 5.73 Å². The van der Waals surface area contributed by atoms with Gasteiger partial charge in [0.05, 0.1) is 6.42 Å². The van der Waals surface area contributed by atoms with Gasteiger partial charge in [-0.1, -0.05) is 0 Å². The van der Waals surface area contributed by atoms with E-state index in [0.29, 0.717) is 13.1 Å². The smallest absolute Gasteiger partial charge is 0.294 e. The Morgan fingerprint density at radius 2 is 2.38 bits per heavy atom. The third-order valence-electron chi connectivity index (χ3n) is 1.31. The van der Waals surface area contributed by atoms with E-state index in [1.807, 2.05) is 0 Å². The number of amides is 1. The Hall–Kier alpha value is -1.14. The van der Waals surface area contributed by atoms with Crippen LogP contribution in [-0.4, -0.2) is 38.7 Å². The van der Waals surface area contributed by atoms with Crippen molar-refractivity contribution >= 4 is 12.4 Å². The minimum absolute atomic E-state index is 0. The number of nitrogens with two attached hydrogens (primary N) is 1. The van der Waals surface area contributed by atoms with Gasteiger partial charge in [0.1, 0.15) is 0 Å². The summed E-state index contributed by atoms with van der Waals surface area (Å²) in [6.45, 7) is 1.45. The van der Waals surface area contributed by atoms with Crippen molar-refractivity contribution in [2.45, 2.75) is 12.6 Å². The molecule has 0 fully saturated rings. The van der Waals surface area contributed by atoms with Crippen LogP contribution in [-0.2, 0) is 14.3 Å². The highest BCUT2D eigenvalue weighted by Crippen LogP contribution is 1.87. The van der Waals surface area contributed by atoms with Crippen molar-refractivity contribution in [2.75, 3.05) is 20.1 Å². The molecule has 6 heteroatoms. The van der Waals surface area contributed by atoms with Crippen molar-refractivity contribution in [3.05, 3.63) is 0 Å².